The van der Waals surface area contributed by atoms with Crippen LogP contribution >= 0.6 is 12.2 Å². The Labute approximate surface area is 78.7 Å². The van der Waals surface area contributed by atoms with Gasteiger partial charge in [-0.15, -0.1) is 0 Å². The third-order valence-electron chi connectivity index (χ3n) is 1.81. The maximum absolute atomic E-state index is 10.9. The summed E-state index contributed by atoms with van der Waals surface area (Å²) in [4.78, 5) is 20.0. The summed E-state index contributed by atoms with van der Waals surface area (Å²) in [6.45, 7) is 1.91. The molecule has 2 N–H and O–H groups in total. The van der Waals surface area contributed by atoms with E-state index in [1.54, 1.807) is 0 Å². The molecule has 0 bridgehead atoms. The Balaban J connectivity index is 2.97. The summed E-state index contributed by atoms with van der Waals surface area (Å²) in [5.41, 5.74) is 1.22. The highest BCUT2D eigenvalue weighted by atomic mass is 32.1. The number of aryl methyl sites for hydroxylation is 1. The lowest BCUT2D eigenvalue weighted by Crippen LogP contribution is -2.09. The van der Waals surface area contributed by atoms with E-state index < -0.39 is 0 Å². The first-order chi connectivity index (χ1) is 6.16. The van der Waals surface area contributed by atoms with Crippen LogP contribution in [0.2, 0.25) is 0 Å². The van der Waals surface area contributed by atoms with Crippen molar-refractivity contribution in [2.45, 2.75) is 6.92 Å². The summed E-state index contributed by atoms with van der Waals surface area (Å²) in [7, 11) is 0. The monoisotopic (exact) mass is 193 g/mol. The van der Waals surface area contributed by atoms with Crippen molar-refractivity contribution in [2.24, 2.45) is 0 Å². The molecule has 0 fully saturated rings. The fraction of sp³-hybridized carbons (Fsp3) is 0.125. The molecule has 2 aromatic heterocycles. The third-order valence-corrected chi connectivity index (χ3v) is 2.23. The molecule has 13 heavy (non-hydrogen) atoms. The van der Waals surface area contributed by atoms with Crippen molar-refractivity contribution in [1.29, 1.82) is 0 Å². The van der Waals surface area contributed by atoms with Crippen LogP contribution < -0.4 is 5.69 Å². The third kappa shape index (κ3) is 1.38. The van der Waals surface area contributed by atoms with Gasteiger partial charge in [0.1, 0.15) is 10.3 Å². The molecule has 2 rings (SSSR count). The molecule has 0 aromatic carbocycles. The Kier molecular flexibility index (Phi) is 1.73. The number of pyridine rings is 1. The number of nitrogens with one attached hydrogen (secondary N) is 2. The zero-order valence-electron chi connectivity index (χ0n) is 6.92. The first-order valence-corrected chi connectivity index (χ1v) is 4.16. The highest BCUT2D eigenvalue weighted by Crippen LogP contribution is 2.08. The SMILES string of the molecule is Cc1cc2cnc(=O)[nH]c2[nH]c1=S. The average Bonchev–Trinajstić information content (AvgIpc) is 2.08. The Morgan fingerprint density at radius 3 is 3.00 bits per heavy atom. The standard InChI is InChI=1S/C8H7N3OS/c1-4-2-5-3-9-8(12)11-6(5)10-7(4)13/h2-3H,1H3,(H2,9,10,11,12,13). The number of aromatic nitrogens is 3. The van der Waals surface area contributed by atoms with Crippen LogP contribution in [-0.4, -0.2) is 15.0 Å². The van der Waals surface area contributed by atoms with E-state index in [1.165, 1.54) is 6.20 Å². The minimum Gasteiger partial charge on any atom is -0.332 e. The molecule has 0 unspecified atom stereocenters. The van der Waals surface area contributed by atoms with Gasteiger partial charge in [0.25, 0.3) is 0 Å². The quantitative estimate of drug-likeness (QED) is 0.620. The van der Waals surface area contributed by atoms with E-state index in [-0.39, 0.29) is 5.69 Å². The van der Waals surface area contributed by atoms with E-state index in [9.17, 15) is 4.79 Å². The number of fused-ring (bicyclic) bond motifs is 1. The molecule has 2 aromatic rings. The molecule has 0 saturated carbocycles. The molecule has 5 heteroatoms. The summed E-state index contributed by atoms with van der Waals surface area (Å²) in [6, 6.07) is 1.89. The van der Waals surface area contributed by atoms with Crippen LogP contribution in [0.5, 0.6) is 0 Å². The van der Waals surface area contributed by atoms with Gasteiger partial charge in [-0.3, -0.25) is 4.98 Å². The Bertz CT molecular complexity index is 569. The summed E-state index contributed by atoms with van der Waals surface area (Å²) in [6.07, 6.45) is 1.52. The fourth-order valence-corrected chi connectivity index (χ4v) is 1.29. The van der Waals surface area contributed by atoms with Gasteiger partial charge < -0.3 is 4.98 Å². The minimum atomic E-state index is -0.373. The predicted molar refractivity (Wildman–Crippen MR) is 52.3 cm³/mol. The van der Waals surface area contributed by atoms with Crippen molar-refractivity contribution in [3.63, 3.8) is 0 Å². The second kappa shape index (κ2) is 2.77. The number of H-pyrrole nitrogens is 2. The molecule has 0 saturated heterocycles. The van der Waals surface area contributed by atoms with Crippen molar-refractivity contribution >= 4 is 23.3 Å². The van der Waals surface area contributed by atoms with Crippen molar-refractivity contribution in [1.82, 2.24) is 15.0 Å². The summed E-state index contributed by atoms with van der Waals surface area (Å²) < 4.78 is 0.634. The molecule has 0 aliphatic carbocycles. The lowest BCUT2D eigenvalue weighted by molar-refractivity contribution is 1.09. The van der Waals surface area contributed by atoms with Crippen LogP contribution in [0, 0.1) is 11.6 Å². The van der Waals surface area contributed by atoms with E-state index in [0.717, 1.165) is 10.9 Å². The van der Waals surface area contributed by atoms with Crippen molar-refractivity contribution in [3.8, 4) is 0 Å². The van der Waals surface area contributed by atoms with Gasteiger partial charge in [-0.1, -0.05) is 12.2 Å². The molecule has 0 radical (unpaired) electrons. The van der Waals surface area contributed by atoms with Crippen LogP contribution in [0.25, 0.3) is 11.0 Å². The van der Waals surface area contributed by atoms with Gasteiger partial charge in [0.2, 0.25) is 0 Å². The summed E-state index contributed by atoms with van der Waals surface area (Å²) in [5.74, 6) is 0. The van der Waals surface area contributed by atoms with Crippen LogP contribution in [-0.2, 0) is 0 Å². The van der Waals surface area contributed by atoms with Crippen molar-refractivity contribution in [2.75, 3.05) is 0 Å². The normalized spacial score (nSPS) is 10.5. The smallest absolute Gasteiger partial charge is 0.332 e. The van der Waals surface area contributed by atoms with Gasteiger partial charge in [0.05, 0.1) is 0 Å². The van der Waals surface area contributed by atoms with Gasteiger partial charge in [-0.05, 0) is 18.6 Å². The van der Waals surface area contributed by atoms with Crippen molar-refractivity contribution < 1.29 is 0 Å². The lowest BCUT2D eigenvalue weighted by atomic mass is 10.2. The average molecular weight is 193 g/mol. The van der Waals surface area contributed by atoms with E-state index in [4.69, 9.17) is 12.2 Å². The summed E-state index contributed by atoms with van der Waals surface area (Å²) >= 11 is 5.03. The molecule has 66 valence electrons. The highest BCUT2D eigenvalue weighted by molar-refractivity contribution is 7.71. The molecule has 0 amide bonds. The number of hydrogen-bond donors (Lipinski definition) is 2. The molecule has 0 spiro atoms. The second-order valence-corrected chi connectivity index (χ2v) is 3.21. The van der Waals surface area contributed by atoms with E-state index >= 15 is 0 Å². The molecular weight excluding hydrogens is 186 g/mol. The minimum absolute atomic E-state index is 0.373. The van der Waals surface area contributed by atoms with Crippen LogP contribution in [0.1, 0.15) is 5.56 Å². The number of hydrogen-bond acceptors (Lipinski definition) is 3. The Morgan fingerprint density at radius 2 is 2.23 bits per heavy atom. The van der Waals surface area contributed by atoms with Crippen LogP contribution in [0.4, 0.5) is 0 Å². The van der Waals surface area contributed by atoms with E-state index in [0.29, 0.717) is 10.3 Å². The van der Waals surface area contributed by atoms with Gasteiger partial charge in [0, 0.05) is 11.6 Å². The number of aromatic amines is 2. The van der Waals surface area contributed by atoms with Crippen molar-refractivity contribution in [3.05, 3.63) is 33.0 Å². The molecule has 4 nitrogen and oxygen atoms in total. The van der Waals surface area contributed by atoms with E-state index in [1.807, 2.05) is 13.0 Å². The van der Waals surface area contributed by atoms with Gasteiger partial charge >= 0.3 is 5.69 Å². The van der Waals surface area contributed by atoms with E-state index in [2.05, 4.69) is 15.0 Å². The number of nitrogens with zero attached hydrogens (tertiary/aromatic N) is 1. The van der Waals surface area contributed by atoms with Gasteiger partial charge in [0.15, 0.2) is 0 Å². The zero-order chi connectivity index (χ0) is 9.42. The largest absolute Gasteiger partial charge is 0.346 e. The zero-order valence-corrected chi connectivity index (χ0v) is 7.73. The fourth-order valence-electron chi connectivity index (χ4n) is 1.13. The lowest BCUT2D eigenvalue weighted by Gasteiger charge is -1.98. The Hall–Kier alpha value is -1.49. The second-order valence-electron chi connectivity index (χ2n) is 2.80. The number of rotatable bonds is 0. The summed E-state index contributed by atoms with van der Waals surface area (Å²) in [5, 5.41) is 0.853. The first kappa shape index (κ1) is 8.12. The molecule has 0 atom stereocenters. The maximum atomic E-state index is 10.9. The maximum Gasteiger partial charge on any atom is 0.346 e. The predicted octanol–water partition coefficient (Wildman–Crippen LogP) is 1.29. The Morgan fingerprint density at radius 1 is 1.46 bits per heavy atom. The van der Waals surface area contributed by atoms with Crippen LogP contribution in [0.15, 0.2) is 17.1 Å². The van der Waals surface area contributed by atoms with Gasteiger partial charge in [-0.25, -0.2) is 9.78 Å². The topological polar surface area (TPSA) is 61.5 Å². The molecule has 0 aliphatic rings. The molecular formula is C8H7N3OS. The molecule has 0 aliphatic heterocycles. The highest BCUT2D eigenvalue weighted by Gasteiger charge is 1.96. The van der Waals surface area contributed by atoms with Crippen LogP contribution in [0.3, 0.4) is 0 Å². The molecule has 2 heterocycles. The first-order valence-electron chi connectivity index (χ1n) is 3.76. The van der Waals surface area contributed by atoms with Gasteiger partial charge in [-0.2, -0.15) is 0 Å².